The van der Waals surface area contributed by atoms with Crippen LogP contribution in [0.2, 0.25) is 0 Å². The van der Waals surface area contributed by atoms with Crippen molar-refractivity contribution in [3.05, 3.63) is 66.0 Å². The van der Waals surface area contributed by atoms with Gasteiger partial charge < -0.3 is 14.8 Å². The number of esters is 1. The fraction of sp³-hybridized carbons (Fsp3) is 0.222. The minimum atomic E-state index is -0.775. The monoisotopic (exact) mass is 331 g/mol. The van der Waals surface area contributed by atoms with E-state index < -0.39 is 12.0 Å². The molecule has 0 aliphatic heterocycles. The number of hydrogen-bond donors (Lipinski definition) is 1. The molecule has 0 aromatic heterocycles. The standard InChI is InChI=1S/C18H18FNO4/c1-13(20-17(21)14-5-3-2-4-6-14)18(22)24-12-11-23-16-9-7-15(19)8-10-16/h2-10,13H,11-12H2,1H3,(H,20,21)/t13-/m0/s1. The molecule has 2 aromatic carbocycles. The first-order chi connectivity index (χ1) is 11.6. The third kappa shape index (κ3) is 5.39. The number of hydrogen-bond acceptors (Lipinski definition) is 4. The lowest BCUT2D eigenvalue weighted by atomic mass is 10.2. The van der Waals surface area contributed by atoms with Crippen LogP contribution in [0.1, 0.15) is 17.3 Å². The van der Waals surface area contributed by atoms with Crippen molar-refractivity contribution in [2.75, 3.05) is 13.2 Å². The highest BCUT2D eigenvalue weighted by molar-refractivity contribution is 5.96. The number of amides is 1. The molecule has 0 saturated heterocycles. The zero-order valence-corrected chi connectivity index (χ0v) is 13.2. The zero-order valence-electron chi connectivity index (χ0n) is 13.2. The molecule has 1 atom stereocenters. The molecule has 0 radical (unpaired) electrons. The number of ether oxygens (including phenoxy) is 2. The Labute approximate surface area is 139 Å². The van der Waals surface area contributed by atoms with E-state index in [1.165, 1.54) is 24.3 Å². The molecule has 2 rings (SSSR count). The molecule has 0 saturated carbocycles. The molecule has 2 aromatic rings. The second-order valence-corrected chi connectivity index (χ2v) is 5.03. The van der Waals surface area contributed by atoms with Crippen LogP contribution in [0, 0.1) is 5.82 Å². The van der Waals surface area contributed by atoms with Crippen molar-refractivity contribution in [2.45, 2.75) is 13.0 Å². The summed E-state index contributed by atoms with van der Waals surface area (Å²) in [7, 11) is 0. The first kappa shape index (κ1) is 17.5. The lowest BCUT2D eigenvalue weighted by Crippen LogP contribution is -2.39. The number of rotatable bonds is 7. The molecule has 6 heteroatoms. The van der Waals surface area contributed by atoms with Gasteiger partial charge in [0.2, 0.25) is 0 Å². The lowest BCUT2D eigenvalue weighted by Gasteiger charge is -2.13. The van der Waals surface area contributed by atoms with Gasteiger partial charge in [-0.15, -0.1) is 0 Å². The summed E-state index contributed by atoms with van der Waals surface area (Å²) in [6, 6.07) is 13.4. The summed E-state index contributed by atoms with van der Waals surface area (Å²) < 4.78 is 23.1. The van der Waals surface area contributed by atoms with Crippen LogP contribution in [0.15, 0.2) is 54.6 Å². The maximum atomic E-state index is 12.7. The summed E-state index contributed by atoms with van der Waals surface area (Å²) in [6.45, 7) is 1.71. The highest BCUT2D eigenvalue weighted by Crippen LogP contribution is 2.10. The Balaban J connectivity index is 1.70. The number of carbonyl (C=O) groups excluding carboxylic acids is 2. The van der Waals surface area contributed by atoms with E-state index in [1.807, 2.05) is 0 Å². The van der Waals surface area contributed by atoms with E-state index in [-0.39, 0.29) is 24.9 Å². The highest BCUT2D eigenvalue weighted by Gasteiger charge is 2.17. The maximum absolute atomic E-state index is 12.7. The SMILES string of the molecule is C[C@H](NC(=O)c1ccccc1)C(=O)OCCOc1ccc(F)cc1. The Bertz CT molecular complexity index is 673. The molecule has 0 heterocycles. The molecular formula is C18H18FNO4. The van der Waals surface area contributed by atoms with Gasteiger partial charge in [-0.3, -0.25) is 4.79 Å². The quantitative estimate of drug-likeness (QED) is 0.625. The van der Waals surface area contributed by atoms with Crippen LogP contribution >= 0.6 is 0 Å². The Morgan fingerprint density at radius 2 is 1.71 bits per heavy atom. The van der Waals surface area contributed by atoms with Gasteiger partial charge >= 0.3 is 5.97 Å². The van der Waals surface area contributed by atoms with Gasteiger partial charge in [-0.05, 0) is 43.3 Å². The Morgan fingerprint density at radius 3 is 2.38 bits per heavy atom. The fourth-order valence-corrected chi connectivity index (χ4v) is 1.89. The molecule has 0 unspecified atom stereocenters. The van der Waals surface area contributed by atoms with Gasteiger partial charge in [-0.2, -0.15) is 0 Å². The van der Waals surface area contributed by atoms with Gasteiger partial charge in [0.05, 0.1) is 0 Å². The molecule has 126 valence electrons. The average Bonchev–Trinajstić information content (AvgIpc) is 2.60. The molecule has 24 heavy (non-hydrogen) atoms. The largest absolute Gasteiger partial charge is 0.490 e. The molecule has 1 amide bonds. The van der Waals surface area contributed by atoms with Crippen molar-refractivity contribution in [2.24, 2.45) is 0 Å². The molecule has 0 bridgehead atoms. The van der Waals surface area contributed by atoms with E-state index in [0.717, 1.165) is 0 Å². The van der Waals surface area contributed by atoms with Crippen LogP contribution in [-0.2, 0) is 9.53 Å². The minimum absolute atomic E-state index is 0.0295. The van der Waals surface area contributed by atoms with Crippen molar-refractivity contribution in [3.8, 4) is 5.75 Å². The summed E-state index contributed by atoms with van der Waals surface area (Å²) in [4.78, 5) is 23.8. The molecule has 0 fully saturated rings. The van der Waals surface area contributed by atoms with Crippen molar-refractivity contribution in [1.82, 2.24) is 5.32 Å². The topological polar surface area (TPSA) is 64.6 Å². The van der Waals surface area contributed by atoms with Gasteiger partial charge in [0.15, 0.2) is 0 Å². The first-order valence-corrected chi connectivity index (χ1v) is 7.47. The van der Waals surface area contributed by atoms with Gasteiger partial charge in [-0.1, -0.05) is 18.2 Å². The summed E-state index contributed by atoms with van der Waals surface area (Å²) in [5.74, 6) is -0.765. The van der Waals surface area contributed by atoms with E-state index in [2.05, 4.69) is 5.32 Å². The maximum Gasteiger partial charge on any atom is 0.328 e. The van der Waals surface area contributed by atoms with Crippen LogP contribution in [0.3, 0.4) is 0 Å². The molecule has 0 aliphatic rings. The lowest BCUT2D eigenvalue weighted by molar-refractivity contribution is -0.146. The van der Waals surface area contributed by atoms with Gasteiger partial charge in [0.1, 0.15) is 30.8 Å². The van der Waals surface area contributed by atoms with Gasteiger partial charge in [0.25, 0.3) is 5.91 Å². The Morgan fingerprint density at radius 1 is 1.04 bits per heavy atom. The Hall–Kier alpha value is -2.89. The second kappa shape index (κ2) is 8.67. The highest BCUT2D eigenvalue weighted by atomic mass is 19.1. The molecule has 0 spiro atoms. The van der Waals surface area contributed by atoms with E-state index >= 15 is 0 Å². The van der Waals surface area contributed by atoms with Crippen molar-refractivity contribution >= 4 is 11.9 Å². The van der Waals surface area contributed by atoms with Crippen LogP contribution in [0.4, 0.5) is 4.39 Å². The van der Waals surface area contributed by atoms with Crippen LogP contribution in [0.25, 0.3) is 0 Å². The predicted molar refractivity (Wildman–Crippen MR) is 86.2 cm³/mol. The third-order valence-corrected chi connectivity index (χ3v) is 3.15. The second-order valence-electron chi connectivity index (χ2n) is 5.03. The predicted octanol–water partition coefficient (Wildman–Crippen LogP) is 2.57. The summed E-state index contributed by atoms with van der Waals surface area (Å²) in [5, 5.41) is 2.56. The normalized spacial score (nSPS) is 11.4. The first-order valence-electron chi connectivity index (χ1n) is 7.47. The van der Waals surface area contributed by atoms with Crippen molar-refractivity contribution in [3.63, 3.8) is 0 Å². The van der Waals surface area contributed by atoms with Gasteiger partial charge in [0, 0.05) is 5.56 Å². The fourth-order valence-electron chi connectivity index (χ4n) is 1.89. The van der Waals surface area contributed by atoms with E-state index in [4.69, 9.17) is 9.47 Å². The molecule has 1 N–H and O–H groups in total. The number of nitrogens with one attached hydrogen (secondary N) is 1. The third-order valence-electron chi connectivity index (χ3n) is 3.15. The van der Waals surface area contributed by atoms with E-state index in [9.17, 15) is 14.0 Å². The van der Waals surface area contributed by atoms with Crippen molar-refractivity contribution in [1.29, 1.82) is 0 Å². The smallest absolute Gasteiger partial charge is 0.328 e. The number of benzene rings is 2. The molecular weight excluding hydrogens is 313 g/mol. The van der Waals surface area contributed by atoms with Crippen LogP contribution < -0.4 is 10.1 Å². The zero-order chi connectivity index (χ0) is 17.4. The number of carbonyl (C=O) groups is 2. The average molecular weight is 331 g/mol. The van der Waals surface area contributed by atoms with Gasteiger partial charge in [-0.25, -0.2) is 9.18 Å². The van der Waals surface area contributed by atoms with E-state index in [1.54, 1.807) is 37.3 Å². The summed E-state index contributed by atoms with van der Waals surface area (Å²) in [5.41, 5.74) is 0.469. The number of halogens is 1. The summed E-state index contributed by atoms with van der Waals surface area (Å²) in [6.07, 6.45) is 0. The van der Waals surface area contributed by atoms with Crippen LogP contribution in [-0.4, -0.2) is 31.1 Å². The summed E-state index contributed by atoms with van der Waals surface area (Å²) >= 11 is 0. The minimum Gasteiger partial charge on any atom is -0.490 e. The Kier molecular flexibility index (Phi) is 6.31. The van der Waals surface area contributed by atoms with E-state index in [0.29, 0.717) is 11.3 Å². The van der Waals surface area contributed by atoms with Crippen molar-refractivity contribution < 1.29 is 23.5 Å². The molecule has 5 nitrogen and oxygen atoms in total. The molecule has 0 aliphatic carbocycles. The van der Waals surface area contributed by atoms with Crippen LogP contribution in [0.5, 0.6) is 5.75 Å².